The van der Waals surface area contributed by atoms with Gasteiger partial charge < -0.3 is 10.6 Å². The van der Waals surface area contributed by atoms with Gasteiger partial charge in [-0.1, -0.05) is 0 Å². The summed E-state index contributed by atoms with van der Waals surface area (Å²) < 4.78 is 0. The number of aryl methyl sites for hydroxylation is 1. The van der Waals surface area contributed by atoms with Crippen LogP contribution in [0.4, 0.5) is 0 Å². The summed E-state index contributed by atoms with van der Waals surface area (Å²) in [6, 6.07) is 4.04. The van der Waals surface area contributed by atoms with Crippen LogP contribution < -0.4 is 10.6 Å². The van der Waals surface area contributed by atoms with E-state index >= 15 is 0 Å². The maximum absolute atomic E-state index is 11.2. The number of carbonyl (C=O) groups excluding carboxylic acids is 1. The Morgan fingerprint density at radius 1 is 1.53 bits per heavy atom. The van der Waals surface area contributed by atoms with Crippen molar-refractivity contribution in [2.24, 2.45) is 0 Å². The number of rotatable bonds is 4. The molecule has 2 N–H and O–H groups in total. The van der Waals surface area contributed by atoms with Crippen LogP contribution in [0, 0.1) is 6.92 Å². The minimum atomic E-state index is -0.137. The van der Waals surface area contributed by atoms with Gasteiger partial charge in [-0.3, -0.25) is 4.79 Å². The standard InChI is InChI=1S/C10H16N2OS.ClH/c1-7-4-5-9(14-7)6-12-8(2)10(13)11-3;/h4-5,8,12H,6H2,1-3H3,(H,11,13);1H/t8-;/m1./s1. The molecule has 1 heterocycles. The molecular weight excluding hydrogens is 232 g/mol. The third kappa shape index (κ3) is 4.64. The van der Waals surface area contributed by atoms with E-state index in [1.165, 1.54) is 9.75 Å². The Balaban J connectivity index is 0.00000196. The Bertz CT molecular complexity index is 314. The van der Waals surface area contributed by atoms with E-state index in [2.05, 4.69) is 29.7 Å². The van der Waals surface area contributed by atoms with E-state index in [-0.39, 0.29) is 24.4 Å². The lowest BCUT2D eigenvalue weighted by Gasteiger charge is -2.10. The van der Waals surface area contributed by atoms with Crippen molar-refractivity contribution in [1.29, 1.82) is 0 Å². The number of likely N-dealkylation sites (N-methyl/N-ethyl adjacent to an activating group) is 1. The summed E-state index contributed by atoms with van der Waals surface area (Å²) in [4.78, 5) is 13.7. The fourth-order valence-corrected chi connectivity index (χ4v) is 1.98. The van der Waals surface area contributed by atoms with Crippen molar-refractivity contribution < 1.29 is 4.79 Å². The average Bonchev–Trinajstić information content (AvgIpc) is 2.59. The van der Waals surface area contributed by atoms with E-state index < -0.39 is 0 Å². The molecule has 0 radical (unpaired) electrons. The highest BCUT2D eigenvalue weighted by Crippen LogP contribution is 2.14. The van der Waals surface area contributed by atoms with Crippen LogP contribution in [0.1, 0.15) is 16.7 Å². The lowest BCUT2D eigenvalue weighted by molar-refractivity contribution is -0.122. The predicted molar refractivity (Wildman–Crippen MR) is 66.7 cm³/mol. The molecule has 0 fully saturated rings. The second-order valence-corrected chi connectivity index (χ2v) is 4.60. The van der Waals surface area contributed by atoms with Gasteiger partial charge in [-0.05, 0) is 26.0 Å². The van der Waals surface area contributed by atoms with Crippen molar-refractivity contribution in [2.75, 3.05) is 7.05 Å². The molecular formula is C10H17ClN2OS. The van der Waals surface area contributed by atoms with Crippen molar-refractivity contribution >= 4 is 29.7 Å². The van der Waals surface area contributed by atoms with Crippen LogP contribution in [0.25, 0.3) is 0 Å². The van der Waals surface area contributed by atoms with Crippen LogP contribution in [-0.2, 0) is 11.3 Å². The first-order chi connectivity index (χ1) is 6.63. The van der Waals surface area contributed by atoms with E-state index in [9.17, 15) is 4.79 Å². The highest BCUT2D eigenvalue weighted by molar-refractivity contribution is 7.11. The van der Waals surface area contributed by atoms with E-state index in [0.29, 0.717) is 0 Å². The Labute approximate surface area is 101 Å². The third-order valence-electron chi connectivity index (χ3n) is 2.02. The lowest BCUT2D eigenvalue weighted by atomic mass is 10.3. The van der Waals surface area contributed by atoms with Crippen molar-refractivity contribution in [3.63, 3.8) is 0 Å². The number of amides is 1. The van der Waals surface area contributed by atoms with Gasteiger partial charge in [0.15, 0.2) is 0 Å². The Kier molecular flexibility index (Phi) is 6.56. The molecule has 0 aromatic carbocycles. The van der Waals surface area contributed by atoms with Gasteiger partial charge in [-0.25, -0.2) is 0 Å². The minimum Gasteiger partial charge on any atom is -0.358 e. The van der Waals surface area contributed by atoms with Crippen molar-refractivity contribution in [2.45, 2.75) is 26.4 Å². The number of thiophene rings is 1. The molecule has 1 aromatic heterocycles. The highest BCUT2D eigenvalue weighted by atomic mass is 35.5. The van der Waals surface area contributed by atoms with Gasteiger partial charge in [-0.15, -0.1) is 23.7 Å². The van der Waals surface area contributed by atoms with Gasteiger partial charge in [0.05, 0.1) is 6.04 Å². The van der Waals surface area contributed by atoms with Gasteiger partial charge in [0.2, 0.25) is 5.91 Å². The SMILES string of the molecule is CNC(=O)[C@@H](C)NCc1ccc(C)s1.Cl. The van der Waals surface area contributed by atoms with Crippen LogP contribution in [0.2, 0.25) is 0 Å². The summed E-state index contributed by atoms with van der Waals surface area (Å²) in [5.41, 5.74) is 0. The lowest BCUT2D eigenvalue weighted by Crippen LogP contribution is -2.40. The molecule has 1 rings (SSSR count). The topological polar surface area (TPSA) is 41.1 Å². The van der Waals surface area contributed by atoms with Crippen LogP contribution in [0.5, 0.6) is 0 Å². The van der Waals surface area contributed by atoms with E-state index in [0.717, 1.165) is 6.54 Å². The molecule has 1 atom stereocenters. The predicted octanol–water partition coefficient (Wildman–Crippen LogP) is 1.70. The maximum Gasteiger partial charge on any atom is 0.236 e. The number of carbonyl (C=O) groups is 1. The largest absolute Gasteiger partial charge is 0.358 e. The molecule has 0 saturated heterocycles. The molecule has 15 heavy (non-hydrogen) atoms. The van der Waals surface area contributed by atoms with Crippen molar-refractivity contribution in [1.82, 2.24) is 10.6 Å². The first-order valence-electron chi connectivity index (χ1n) is 4.63. The maximum atomic E-state index is 11.2. The molecule has 5 heteroatoms. The van der Waals surface area contributed by atoms with Crippen LogP contribution in [0.3, 0.4) is 0 Å². The van der Waals surface area contributed by atoms with Gasteiger partial charge in [0.25, 0.3) is 0 Å². The van der Waals surface area contributed by atoms with E-state index in [4.69, 9.17) is 0 Å². The summed E-state index contributed by atoms with van der Waals surface area (Å²) in [5, 5.41) is 5.77. The Hall–Kier alpha value is -0.580. The smallest absolute Gasteiger partial charge is 0.236 e. The molecule has 0 unspecified atom stereocenters. The summed E-state index contributed by atoms with van der Waals surface area (Å²) in [6.45, 7) is 4.70. The summed E-state index contributed by atoms with van der Waals surface area (Å²) in [7, 11) is 1.65. The highest BCUT2D eigenvalue weighted by Gasteiger charge is 2.09. The first-order valence-corrected chi connectivity index (χ1v) is 5.45. The van der Waals surface area contributed by atoms with Gasteiger partial charge >= 0.3 is 0 Å². The zero-order chi connectivity index (χ0) is 10.6. The Morgan fingerprint density at radius 3 is 2.67 bits per heavy atom. The fraction of sp³-hybridized carbons (Fsp3) is 0.500. The molecule has 0 aliphatic carbocycles. The monoisotopic (exact) mass is 248 g/mol. The number of halogens is 1. The van der Waals surface area contributed by atoms with Crippen molar-refractivity contribution in [3.8, 4) is 0 Å². The third-order valence-corrected chi connectivity index (χ3v) is 3.02. The summed E-state index contributed by atoms with van der Waals surface area (Å²) >= 11 is 1.75. The van der Waals surface area contributed by atoms with E-state index in [1.54, 1.807) is 18.4 Å². The number of hydrogen-bond donors (Lipinski definition) is 2. The van der Waals surface area contributed by atoms with Gasteiger partial charge in [0, 0.05) is 23.3 Å². The van der Waals surface area contributed by atoms with Crippen LogP contribution >= 0.6 is 23.7 Å². The number of hydrogen-bond acceptors (Lipinski definition) is 3. The second-order valence-electron chi connectivity index (χ2n) is 3.23. The molecule has 0 aliphatic rings. The van der Waals surface area contributed by atoms with Crippen LogP contribution in [-0.4, -0.2) is 19.0 Å². The molecule has 1 amide bonds. The molecule has 1 aromatic rings. The molecule has 86 valence electrons. The summed E-state index contributed by atoms with van der Waals surface area (Å²) in [6.07, 6.45) is 0. The molecule has 0 bridgehead atoms. The molecule has 0 saturated carbocycles. The average molecular weight is 249 g/mol. The molecule has 0 spiro atoms. The van der Waals surface area contributed by atoms with Gasteiger partial charge in [-0.2, -0.15) is 0 Å². The molecule has 3 nitrogen and oxygen atoms in total. The Morgan fingerprint density at radius 2 is 2.20 bits per heavy atom. The quantitative estimate of drug-likeness (QED) is 0.852. The normalized spacial score (nSPS) is 11.7. The fourth-order valence-electron chi connectivity index (χ4n) is 1.14. The minimum absolute atomic E-state index is 0. The first kappa shape index (κ1) is 14.4. The molecule has 0 aliphatic heterocycles. The number of nitrogens with one attached hydrogen (secondary N) is 2. The second kappa shape index (κ2) is 6.82. The summed E-state index contributed by atoms with van der Waals surface area (Å²) in [5.74, 6) is 0.0262. The van der Waals surface area contributed by atoms with E-state index in [1.807, 2.05) is 6.92 Å². The van der Waals surface area contributed by atoms with Crippen LogP contribution in [0.15, 0.2) is 12.1 Å². The zero-order valence-corrected chi connectivity index (χ0v) is 10.8. The zero-order valence-electron chi connectivity index (χ0n) is 9.16. The van der Waals surface area contributed by atoms with Gasteiger partial charge in [0.1, 0.15) is 0 Å². The van der Waals surface area contributed by atoms with Crippen molar-refractivity contribution in [3.05, 3.63) is 21.9 Å².